The van der Waals surface area contributed by atoms with Crippen LogP contribution < -0.4 is 5.32 Å². The maximum atomic E-state index is 12.2. The molecule has 0 unspecified atom stereocenters. The van der Waals surface area contributed by atoms with Crippen LogP contribution in [0.4, 0.5) is 0 Å². The Bertz CT molecular complexity index is 250. The van der Waals surface area contributed by atoms with Gasteiger partial charge in [0.25, 0.3) is 0 Å². The largest absolute Gasteiger partial charge is 0.380 e. The minimum atomic E-state index is 0.0369. The van der Waals surface area contributed by atoms with Crippen molar-refractivity contribution in [2.45, 2.75) is 51.0 Å². The Morgan fingerprint density at radius 3 is 2.56 bits per heavy atom. The summed E-state index contributed by atoms with van der Waals surface area (Å²) in [4.78, 5) is 14.0. The van der Waals surface area contributed by atoms with Crippen molar-refractivity contribution in [3.8, 4) is 0 Å². The number of carbonyl (C=O) groups excluding carboxylic acids is 1. The van der Waals surface area contributed by atoms with E-state index in [9.17, 15) is 4.79 Å². The third-order valence-corrected chi connectivity index (χ3v) is 4.03. The monoisotopic (exact) mass is 256 g/mol. The van der Waals surface area contributed by atoms with E-state index in [0.717, 1.165) is 12.8 Å². The standard InChI is InChI=1S/C14H28N2O2/c1-4-18-11-10-16(3)13(17)12-14(15-2)8-6-5-7-9-14/h15H,4-12H2,1-3H3. The SMILES string of the molecule is CCOCCN(C)C(=O)CC1(NC)CCCCC1. The van der Waals surface area contributed by atoms with Crippen molar-refractivity contribution in [3.63, 3.8) is 0 Å². The Kier molecular flexibility index (Phi) is 6.65. The van der Waals surface area contributed by atoms with Gasteiger partial charge in [-0.05, 0) is 26.8 Å². The fourth-order valence-electron chi connectivity index (χ4n) is 2.64. The third-order valence-electron chi connectivity index (χ3n) is 4.03. The van der Waals surface area contributed by atoms with Crippen LogP contribution in [0, 0.1) is 0 Å². The van der Waals surface area contributed by atoms with Gasteiger partial charge in [-0.1, -0.05) is 19.3 Å². The Balaban J connectivity index is 2.40. The molecule has 1 rings (SSSR count). The van der Waals surface area contributed by atoms with Crippen LogP contribution in [0.3, 0.4) is 0 Å². The highest BCUT2D eigenvalue weighted by Gasteiger charge is 2.33. The lowest BCUT2D eigenvalue weighted by atomic mass is 9.79. The van der Waals surface area contributed by atoms with E-state index < -0.39 is 0 Å². The van der Waals surface area contributed by atoms with E-state index in [1.54, 1.807) is 4.90 Å². The number of hydrogen-bond acceptors (Lipinski definition) is 3. The van der Waals surface area contributed by atoms with Crippen molar-refractivity contribution in [1.82, 2.24) is 10.2 Å². The lowest BCUT2D eigenvalue weighted by Crippen LogP contribution is -2.48. The van der Waals surface area contributed by atoms with Crippen LogP contribution in [-0.4, -0.2) is 50.2 Å². The number of amides is 1. The van der Waals surface area contributed by atoms with Gasteiger partial charge in [0.15, 0.2) is 0 Å². The summed E-state index contributed by atoms with van der Waals surface area (Å²) in [6, 6.07) is 0. The van der Waals surface area contributed by atoms with E-state index in [4.69, 9.17) is 4.74 Å². The minimum Gasteiger partial charge on any atom is -0.380 e. The summed E-state index contributed by atoms with van der Waals surface area (Å²) < 4.78 is 5.29. The topological polar surface area (TPSA) is 41.6 Å². The fourth-order valence-corrected chi connectivity index (χ4v) is 2.64. The molecule has 1 amide bonds. The van der Waals surface area contributed by atoms with Crippen LogP contribution in [0.2, 0.25) is 0 Å². The van der Waals surface area contributed by atoms with Gasteiger partial charge in [-0.25, -0.2) is 0 Å². The molecule has 1 N–H and O–H groups in total. The van der Waals surface area contributed by atoms with Crippen molar-refractivity contribution >= 4 is 5.91 Å². The van der Waals surface area contributed by atoms with Gasteiger partial charge >= 0.3 is 0 Å². The first-order valence-corrected chi connectivity index (χ1v) is 7.14. The molecule has 0 aromatic carbocycles. The van der Waals surface area contributed by atoms with E-state index in [1.165, 1.54) is 19.3 Å². The average Bonchev–Trinajstić information content (AvgIpc) is 2.40. The zero-order valence-corrected chi connectivity index (χ0v) is 12.1. The normalized spacial score (nSPS) is 18.6. The van der Waals surface area contributed by atoms with Crippen molar-refractivity contribution in [1.29, 1.82) is 0 Å². The average molecular weight is 256 g/mol. The van der Waals surface area contributed by atoms with Gasteiger partial charge in [-0.3, -0.25) is 4.79 Å². The second-order valence-corrected chi connectivity index (χ2v) is 5.28. The van der Waals surface area contributed by atoms with Crippen molar-refractivity contribution in [2.24, 2.45) is 0 Å². The zero-order chi connectivity index (χ0) is 13.4. The van der Waals surface area contributed by atoms with Crippen molar-refractivity contribution in [2.75, 3.05) is 33.9 Å². The smallest absolute Gasteiger partial charge is 0.224 e. The van der Waals surface area contributed by atoms with Crippen LogP contribution in [0.15, 0.2) is 0 Å². The quantitative estimate of drug-likeness (QED) is 0.706. The Hall–Kier alpha value is -0.610. The number of nitrogens with zero attached hydrogens (tertiary/aromatic N) is 1. The molecule has 0 saturated heterocycles. The first kappa shape index (κ1) is 15.4. The fraction of sp³-hybridized carbons (Fsp3) is 0.929. The summed E-state index contributed by atoms with van der Waals surface area (Å²) in [6.07, 6.45) is 6.63. The molecule has 0 aromatic heterocycles. The predicted octanol–water partition coefficient (Wildman–Crippen LogP) is 1.79. The van der Waals surface area contributed by atoms with Crippen molar-refractivity contribution in [3.05, 3.63) is 0 Å². The van der Waals surface area contributed by atoms with Gasteiger partial charge in [-0.15, -0.1) is 0 Å². The Labute approximate surface area is 111 Å². The molecule has 0 spiro atoms. The maximum absolute atomic E-state index is 12.2. The van der Waals surface area contributed by atoms with Gasteiger partial charge in [-0.2, -0.15) is 0 Å². The molecule has 18 heavy (non-hydrogen) atoms. The molecule has 4 nitrogen and oxygen atoms in total. The summed E-state index contributed by atoms with van der Waals surface area (Å²) in [5.41, 5.74) is 0.0369. The second kappa shape index (κ2) is 7.74. The van der Waals surface area contributed by atoms with Gasteiger partial charge in [0.05, 0.1) is 6.61 Å². The highest BCUT2D eigenvalue weighted by molar-refractivity contribution is 5.77. The molecule has 1 saturated carbocycles. The molecule has 0 bridgehead atoms. The van der Waals surface area contributed by atoms with Crippen molar-refractivity contribution < 1.29 is 9.53 Å². The molecule has 4 heteroatoms. The van der Waals surface area contributed by atoms with Crippen LogP contribution in [0.5, 0.6) is 0 Å². The summed E-state index contributed by atoms with van der Waals surface area (Å²) in [5.74, 6) is 0.228. The molecule has 0 aliphatic heterocycles. The number of carbonyl (C=O) groups is 1. The molecule has 0 heterocycles. The first-order chi connectivity index (χ1) is 8.63. The minimum absolute atomic E-state index is 0.0369. The molecule has 0 radical (unpaired) electrons. The number of rotatable bonds is 7. The van der Waals surface area contributed by atoms with E-state index >= 15 is 0 Å². The summed E-state index contributed by atoms with van der Waals surface area (Å²) in [7, 11) is 3.85. The number of likely N-dealkylation sites (N-methyl/N-ethyl adjacent to an activating group) is 1. The number of nitrogens with one attached hydrogen (secondary N) is 1. The van der Waals surface area contributed by atoms with Crippen LogP contribution >= 0.6 is 0 Å². The number of ether oxygens (including phenoxy) is 1. The predicted molar refractivity (Wildman–Crippen MR) is 73.6 cm³/mol. The highest BCUT2D eigenvalue weighted by Crippen LogP contribution is 2.31. The Morgan fingerprint density at radius 1 is 1.33 bits per heavy atom. The van der Waals surface area contributed by atoms with Gasteiger partial charge in [0.2, 0.25) is 5.91 Å². The first-order valence-electron chi connectivity index (χ1n) is 7.14. The van der Waals surface area contributed by atoms with Crippen LogP contribution in [0.25, 0.3) is 0 Å². The van der Waals surface area contributed by atoms with E-state index in [2.05, 4.69) is 5.32 Å². The van der Waals surface area contributed by atoms with Crippen LogP contribution in [-0.2, 0) is 9.53 Å². The summed E-state index contributed by atoms with van der Waals surface area (Å²) in [5, 5.41) is 3.39. The van der Waals surface area contributed by atoms with Crippen LogP contribution in [0.1, 0.15) is 45.4 Å². The molecular weight excluding hydrogens is 228 g/mol. The molecule has 1 aliphatic carbocycles. The lowest BCUT2D eigenvalue weighted by molar-refractivity contribution is -0.132. The zero-order valence-electron chi connectivity index (χ0n) is 12.1. The Morgan fingerprint density at radius 2 is 2.00 bits per heavy atom. The molecule has 1 fully saturated rings. The molecular formula is C14H28N2O2. The van der Waals surface area contributed by atoms with Gasteiger partial charge in [0.1, 0.15) is 0 Å². The third kappa shape index (κ3) is 4.58. The van der Waals surface area contributed by atoms with Gasteiger partial charge < -0.3 is 15.0 Å². The van der Waals surface area contributed by atoms with Gasteiger partial charge in [0, 0.05) is 32.2 Å². The maximum Gasteiger partial charge on any atom is 0.224 e. The molecule has 0 atom stereocenters. The second-order valence-electron chi connectivity index (χ2n) is 5.28. The summed E-state index contributed by atoms with van der Waals surface area (Å²) in [6.45, 7) is 4.00. The van der Waals surface area contributed by atoms with E-state index in [1.807, 2.05) is 21.0 Å². The van der Waals surface area contributed by atoms with E-state index in [-0.39, 0.29) is 11.4 Å². The molecule has 0 aromatic rings. The molecule has 1 aliphatic rings. The summed E-state index contributed by atoms with van der Waals surface area (Å²) >= 11 is 0. The molecule has 106 valence electrons. The lowest BCUT2D eigenvalue weighted by Gasteiger charge is -2.37. The highest BCUT2D eigenvalue weighted by atomic mass is 16.5. The number of hydrogen-bond donors (Lipinski definition) is 1. The van der Waals surface area contributed by atoms with E-state index in [0.29, 0.717) is 26.2 Å².